The van der Waals surface area contributed by atoms with Gasteiger partial charge >= 0.3 is 0 Å². The Balaban J connectivity index is 2.40. The molecular formula is C14H18N4O. The number of anilines is 2. The molecule has 19 heavy (non-hydrogen) atoms. The molecule has 0 amide bonds. The van der Waals surface area contributed by atoms with Gasteiger partial charge in [-0.2, -0.15) is 0 Å². The van der Waals surface area contributed by atoms with E-state index in [-0.39, 0.29) is 0 Å². The Morgan fingerprint density at radius 2 is 2.11 bits per heavy atom. The maximum atomic E-state index is 5.67. The van der Waals surface area contributed by atoms with Gasteiger partial charge in [-0.25, -0.2) is 9.97 Å². The molecule has 5 heteroatoms. The molecule has 0 aliphatic rings. The van der Waals surface area contributed by atoms with E-state index in [1.807, 2.05) is 43.1 Å². The molecule has 0 atom stereocenters. The van der Waals surface area contributed by atoms with Crippen molar-refractivity contribution in [1.82, 2.24) is 9.97 Å². The third kappa shape index (κ3) is 2.66. The Morgan fingerprint density at radius 3 is 2.79 bits per heavy atom. The average molecular weight is 258 g/mol. The summed E-state index contributed by atoms with van der Waals surface area (Å²) in [5.74, 6) is 1.41. The molecule has 5 nitrogen and oxygen atoms in total. The second-order valence-corrected chi connectivity index (χ2v) is 4.26. The third-order valence-corrected chi connectivity index (χ3v) is 3.06. The number of benzene rings is 1. The van der Waals surface area contributed by atoms with E-state index >= 15 is 0 Å². The topological polar surface area (TPSA) is 64.3 Å². The number of nitrogens with zero attached hydrogens (tertiary/aromatic N) is 3. The van der Waals surface area contributed by atoms with Crippen LogP contribution in [0.25, 0.3) is 0 Å². The van der Waals surface area contributed by atoms with Crippen molar-refractivity contribution >= 4 is 11.5 Å². The van der Waals surface area contributed by atoms with Gasteiger partial charge in [0.2, 0.25) is 5.88 Å². The van der Waals surface area contributed by atoms with Crippen molar-refractivity contribution in [3.05, 3.63) is 41.7 Å². The maximum Gasteiger partial charge on any atom is 0.221 e. The molecule has 0 unspecified atom stereocenters. The van der Waals surface area contributed by atoms with Crippen LogP contribution in [-0.2, 0) is 6.54 Å². The Labute approximate surface area is 113 Å². The van der Waals surface area contributed by atoms with Gasteiger partial charge < -0.3 is 15.4 Å². The molecular weight excluding hydrogens is 240 g/mol. The fraction of sp³-hybridized carbons (Fsp3) is 0.286. The molecule has 2 N–H and O–H groups in total. The van der Waals surface area contributed by atoms with E-state index in [9.17, 15) is 0 Å². The summed E-state index contributed by atoms with van der Waals surface area (Å²) in [5, 5.41) is 0. The minimum absolute atomic E-state index is 0.522. The monoisotopic (exact) mass is 258 g/mol. The number of nitrogens with two attached hydrogens (primary N) is 1. The Hall–Kier alpha value is -2.14. The molecule has 2 aromatic rings. The summed E-state index contributed by atoms with van der Waals surface area (Å²) in [5.41, 5.74) is 8.70. The first kappa shape index (κ1) is 13.3. The summed E-state index contributed by atoms with van der Waals surface area (Å²) in [4.78, 5) is 10.4. The number of ether oxygens (including phenoxy) is 1. The van der Waals surface area contributed by atoms with E-state index < -0.39 is 0 Å². The minimum atomic E-state index is 0.522. The second-order valence-electron chi connectivity index (χ2n) is 4.26. The first-order valence-corrected chi connectivity index (χ1v) is 6.05. The molecule has 1 aromatic heterocycles. The van der Waals surface area contributed by atoms with E-state index in [2.05, 4.69) is 9.97 Å². The van der Waals surface area contributed by atoms with Crippen LogP contribution in [0.4, 0.5) is 11.5 Å². The third-order valence-electron chi connectivity index (χ3n) is 3.06. The first-order valence-electron chi connectivity index (χ1n) is 6.05. The number of methoxy groups -OCH3 is 1. The Bertz CT molecular complexity index is 571. The van der Waals surface area contributed by atoms with Crippen molar-refractivity contribution in [3.8, 4) is 5.88 Å². The number of aromatic nitrogens is 2. The summed E-state index contributed by atoms with van der Waals surface area (Å²) in [6, 6.07) is 8.06. The predicted octanol–water partition coefficient (Wildman–Crippen LogP) is 2.02. The highest BCUT2D eigenvalue weighted by Crippen LogP contribution is 2.28. The SMILES string of the molecule is COc1ncnc(N(C)c2cccc(CN)c2)c1C. The van der Waals surface area contributed by atoms with Gasteiger partial charge in [-0.1, -0.05) is 12.1 Å². The zero-order valence-electron chi connectivity index (χ0n) is 11.4. The molecule has 1 aromatic carbocycles. The standard InChI is InChI=1S/C14H18N4O/c1-10-13(16-9-17-14(10)19-3)18(2)12-6-4-5-11(7-12)8-15/h4-7,9H,8,15H2,1-3H3. The zero-order chi connectivity index (χ0) is 13.8. The van der Waals surface area contributed by atoms with E-state index in [0.717, 1.165) is 22.6 Å². The smallest absolute Gasteiger partial charge is 0.221 e. The van der Waals surface area contributed by atoms with Gasteiger partial charge in [-0.3, -0.25) is 0 Å². The lowest BCUT2D eigenvalue weighted by molar-refractivity contribution is 0.393. The fourth-order valence-corrected chi connectivity index (χ4v) is 1.98. The summed E-state index contributed by atoms with van der Waals surface area (Å²) in [7, 11) is 3.57. The molecule has 0 aliphatic heterocycles. The number of hydrogen-bond acceptors (Lipinski definition) is 5. The highest BCUT2D eigenvalue weighted by molar-refractivity contribution is 5.63. The average Bonchev–Trinajstić information content (AvgIpc) is 2.47. The van der Waals surface area contributed by atoms with Gasteiger partial charge in [-0.05, 0) is 24.6 Å². The quantitative estimate of drug-likeness (QED) is 0.909. The van der Waals surface area contributed by atoms with Crippen molar-refractivity contribution < 1.29 is 4.74 Å². The van der Waals surface area contributed by atoms with Gasteiger partial charge in [0.15, 0.2) is 0 Å². The second kappa shape index (κ2) is 5.67. The van der Waals surface area contributed by atoms with Crippen LogP contribution in [0.15, 0.2) is 30.6 Å². The predicted molar refractivity (Wildman–Crippen MR) is 75.7 cm³/mol. The highest BCUT2D eigenvalue weighted by atomic mass is 16.5. The van der Waals surface area contributed by atoms with Crippen molar-refractivity contribution in [3.63, 3.8) is 0 Å². The van der Waals surface area contributed by atoms with Gasteiger partial charge in [0.1, 0.15) is 12.1 Å². The van der Waals surface area contributed by atoms with Crippen LogP contribution in [-0.4, -0.2) is 24.1 Å². The lowest BCUT2D eigenvalue weighted by Crippen LogP contribution is -2.14. The summed E-state index contributed by atoms with van der Waals surface area (Å²) in [6.45, 7) is 2.46. The van der Waals surface area contributed by atoms with Crippen LogP contribution >= 0.6 is 0 Å². The summed E-state index contributed by atoms with van der Waals surface area (Å²) < 4.78 is 5.22. The molecule has 0 radical (unpaired) electrons. The first-order chi connectivity index (χ1) is 9.17. The van der Waals surface area contributed by atoms with Crippen molar-refractivity contribution in [2.75, 3.05) is 19.1 Å². The van der Waals surface area contributed by atoms with Crippen LogP contribution in [0.3, 0.4) is 0 Å². The summed E-state index contributed by atoms with van der Waals surface area (Å²) >= 11 is 0. The van der Waals surface area contributed by atoms with Crippen molar-refractivity contribution in [1.29, 1.82) is 0 Å². The molecule has 0 spiro atoms. The van der Waals surface area contributed by atoms with Crippen molar-refractivity contribution in [2.24, 2.45) is 5.73 Å². The molecule has 100 valence electrons. The van der Waals surface area contributed by atoms with E-state index in [1.54, 1.807) is 7.11 Å². The van der Waals surface area contributed by atoms with E-state index in [1.165, 1.54) is 6.33 Å². The molecule has 0 saturated heterocycles. The van der Waals surface area contributed by atoms with Gasteiger partial charge in [0.05, 0.1) is 12.7 Å². The molecule has 0 fully saturated rings. The maximum absolute atomic E-state index is 5.67. The highest BCUT2D eigenvalue weighted by Gasteiger charge is 2.13. The van der Waals surface area contributed by atoms with Crippen LogP contribution in [0.1, 0.15) is 11.1 Å². The zero-order valence-corrected chi connectivity index (χ0v) is 11.4. The van der Waals surface area contributed by atoms with Crippen LogP contribution < -0.4 is 15.4 Å². The molecule has 2 rings (SSSR count). The van der Waals surface area contributed by atoms with Gasteiger partial charge in [0.25, 0.3) is 0 Å². The van der Waals surface area contributed by atoms with Crippen LogP contribution in [0.2, 0.25) is 0 Å². The lowest BCUT2D eigenvalue weighted by atomic mass is 10.2. The fourth-order valence-electron chi connectivity index (χ4n) is 1.98. The molecule has 1 heterocycles. The molecule has 0 saturated carbocycles. The van der Waals surface area contributed by atoms with Crippen LogP contribution in [0.5, 0.6) is 5.88 Å². The van der Waals surface area contributed by atoms with Gasteiger partial charge in [-0.15, -0.1) is 0 Å². The van der Waals surface area contributed by atoms with Crippen LogP contribution in [0, 0.1) is 6.92 Å². The van der Waals surface area contributed by atoms with E-state index in [0.29, 0.717) is 12.4 Å². The van der Waals surface area contributed by atoms with Crippen molar-refractivity contribution in [2.45, 2.75) is 13.5 Å². The minimum Gasteiger partial charge on any atom is -0.481 e. The van der Waals surface area contributed by atoms with E-state index in [4.69, 9.17) is 10.5 Å². The lowest BCUT2D eigenvalue weighted by Gasteiger charge is -2.21. The normalized spacial score (nSPS) is 10.3. The molecule has 0 aliphatic carbocycles. The number of rotatable bonds is 4. The van der Waals surface area contributed by atoms with Gasteiger partial charge in [0, 0.05) is 19.3 Å². The largest absolute Gasteiger partial charge is 0.481 e. The Kier molecular flexibility index (Phi) is 3.97. The summed E-state index contributed by atoms with van der Waals surface area (Å²) in [6.07, 6.45) is 1.50. The molecule has 0 bridgehead atoms. The number of hydrogen-bond donors (Lipinski definition) is 1. The Morgan fingerprint density at radius 1 is 1.32 bits per heavy atom.